The van der Waals surface area contributed by atoms with Gasteiger partial charge in [0.25, 0.3) is 5.91 Å². The minimum absolute atomic E-state index is 0.180. The molecular formula is C23H24N2O5. The number of methoxy groups -OCH3 is 2. The Morgan fingerprint density at radius 3 is 2.47 bits per heavy atom. The van der Waals surface area contributed by atoms with Gasteiger partial charge in [-0.1, -0.05) is 18.2 Å². The van der Waals surface area contributed by atoms with E-state index in [4.69, 9.17) is 9.47 Å². The van der Waals surface area contributed by atoms with Crippen molar-refractivity contribution in [3.8, 4) is 11.5 Å². The largest absolute Gasteiger partial charge is 0.493 e. The topological polar surface area (TPSA) is 81.0 Å². The van der Waals surface area contributed by atoms with Crippen molar-refractivity contribution in [1.29, 1.82) is 0 Å². The van der Waals surface area contributed by atoms with E-state index >= 15 is 0 Å². The number of amides is 1. The number of carboxylic acid groups (broad SMARTS) is 1. The van der Waals surface area contributed by atoms with Crippen LogP contribution in [0.3, 0.4) is 0 Å². The maximum Gasteiger partial charge on any atom is 0.305 e. The summed E-state index contributed by atoms with van der Waals surface area (Å²) in [5, 5.41) is 10.5. The Labute approximate surface area is 174 Å². The molecule has 7 nitrogen and oxygen atoms in total. The first-order chi connectivity index (χ1) is 14.4. The molecule has 1 N–H and O–H groups in total. The first kappa shape index (κ1) is 19.8. The van der Waals surface area contributed by atoms with Crippen molar-refractivity contribution in [2.24, 2.45) is 7.05 Å². The molecule has 1 unspecified atom stereocenters. The van der Waals surface area contributed by atoms with Gasteiger partial charge < -0.3 is 24.0 Å². The molecule has 1 amide bonds. The van der Waals surface area contributed by atoms with E-state index in [1.165, 1.54) is 7.11 Å². The van der Waals surface area contributed by atoms with E-state index in [0.717, 1.165) is 22.0 Å². The molecule has 7 heteroatoms. The summed E-state index contributed by atoms with van der Waals surface area (Å²) in [5.74, 6) is -0.0257. The van der Waals surface area contributed by atoms with Crippen LogP contribution < -0.4 is 9.47 Å². The molecule has 0 fully saturated rings. The molecule has 4 rings (SSSR count). The van der Waals surface area contributed by atoms with Gasteiger partial charge in [-0.25, -0.2) is 0 Å². The Bertz CT molecular complexity index is 1130. The van der Waals surface area contributed by atoms with Crippen LogP contribution in [-0.2, 0) is 18.3 Å². The van der Waals surface area contributed by atoms with Gasteiger partial charge in [0, 0.05) is 24.5 Å². The van der Waals surface area contributed by atoms with Gasteiger partial charge in [0.2, 0.25) is 0 Å². The second-order valence-electron chi connectivity index (χ2n) is 7.42. The van der Waals surface area contributed by atoms with Gasteiger partial charge in [-0.3, -0.25) is 9.59 Å². The highest BCUT2D eigenvalue weighted by atomic mass is 16.5. The average molecular weight is 408 g/mol. The van der Waals surface area contributed by atoms with Gasteiger partial charge in [-0.15, -0.1) is 0 Å². The lowest BCUT2D eigenvalue weighted by Crippen LogP contribution is -2.41. The first-order valence-electron chi connectivity index (χ1n) is 9.76. The molecule has 0 spiro atoms. The van der Waals surface area contributed by atoms with E-state index in [2.05, 4.69) is 0 Å². The predicted molar refractivity (Wildman–Crippen MR) is 112 cm³/mol. The molecule has 1 aliphatic heterocycles. The van der Waals surface area contributed by atoms with Crippen LogP contribution in [0.4, 0.5) is 0 Å². The Morgan fingerprint density at radius 2 is 1.80 bits per heavy atom. The molecule has 0 bridgehead atoms. The summed E-state index contributed by atoms with van der Waals surface area (Å²) in [4.78, 5) is 26.9. The summed E-state index contributed by atoms with van der Waals surface area (Å²) >= 11 is 0. The van der Waals surface area contributed by atoms with Crippen molar-refractivity contribution >= 4 is 22.8 Å². The molecule has 0 radical (unpaired) electrons. The number of carboxylic acids is 1. The van der Waals surface area contributed by atoms with Crippen LogP contribution in [0.5, 0.6) is 11.5 Å². The van der Waals surface area contributed by atoms with Gasteiger partial charge in [-0.05, 0) is 41.8 Å². The van der Waals surface area contributed by atoms with E-state index < -0.39 is 12.0 Å². The zero-order chi connectivity index (χ0) is 21.4. The monoisotopic (exact) mass is 408 g/mol. The van der Waals surface area contributed by atoms with Crippen molar-refractivity contribution in [2.75, 3.05) is 20.8 Å². The summed E-state index contributed by atoms with van der Waals surface area (Å²) in [5.41, 5.74) is 3.25. The number of benzene rings is 2. The molecule has 2 heterocycles. The molecule has 156 valence electrons. The Morgan fingerprint density at radius 1 is 1.10 bits per heavy atom. The zero-order valence-corrected chi connectivity index (χ0v) is 17.2. The second kappa shape index (κ2) is 7.74. The first-order valence-corrected chi connectivity index (χ1v) is 9.76. The lowest BCUT2D eigenvalue weighted by atomic mass is 9.89. The van der Waals surface area contributed by atoms with E-state index in [9.17, 15) is 14.7 Å². The van der Waals surface area contributed by atoms with Crippen LogP contribution in [0, 0.1) is 0 Å². The normalized spacial score (nSPS) is 15.7. The van der Waals surface area contributed by atoms with Crippen molar-refractivity contribution in [1.82, 2.24) is 9.47 Å². The highest BCUT2D eigenvalue weighted by Gasteiger charge is 2.35. The number of rotatable bonds is 5. The number of aromatic nitrogens is 1. The molecule has 0 saturated heterocycles. The van der Waals surface area contributed by atoms with Crippen LogP contribution in [-0.4, -0.2) is 47.2 Å². The highest BCUT2D eigenvalue weighted by molar-refractivity contribution is 5.99. The van der Waals surface area contributed by atoms with Crippen LogP contribution in [0.25, 0.3) is 10.9 Å². The smallest absolute Gasteiger partial charge is 0.305 e. The van der Waals surface area contributed by atoms with E-state index in [1.807, 2.05) is 48.0 Å². The molecule has 1 aromatic heterocycles. The van der Waals surface area contributed by atoms with Gasteiger partial charge in [0.05, 0.1) is 26.7 Å². The number of hydrogen-bond acceptors (Lipinski definition) is 4. The van der Waals surface area contributed by atoms with E-state index in [0.29, 0.717) is 30.2 Å². The number of para-hydroxylation sites is 1. The summed E-state index contributed by atoms with van der Waals surface area (Å²) in [6.45, 7) is 0.431. The number of carbonyl (C=O) groups is 2. The van der Waals surface area contributed by atoms with Gasteiger partial charge in [-0.2, -0.15) is 0 Å². The lowest BCUT2D eigenvalue weighted by Gasteiger charge is -2.37. The van der Waals surface area contributed by atoms with Gasteiger partial charge in [0.1, 0.15) is 5.69 Å². The third kappa shape index (κ3) is 3.26. The molecule has 1 atom stereocenters. The summed E-state index contributed by atoms with van der Waals surface area (Å²) in [6, 6.07) is 12.7. The standard InChI is InChI=1S/C23H24N2O5/c1-24-17-7-5-4-6-15(17)10-19(24)23(28)25-9-8-14-11-20(29-2)21(30-3)12-16(14)18(25)13-22(26)27/h4-7,10-12,18H,8-9,13H2,1-3H3,(H,26,27). The maximum absolute atomic E-state index is 13.5. The fourth-order valence-corrected chi connectivity index (χ4v) is 4.30. The highest BCUT2D eigenvalue weighted by Crippen LogP contribution is 2.40. The average Bonchev–Trinajstić information content (AvgIpc) is 3.09. The summed E-state index contributed by atoms with van der Waals surface area (Å²) < 4.78 is 12.7. The number of hydrogen-bond donors (Lipinski definition) is 1. The number of aliphatic carboxylic acids is 1. The van der Waals surface area contributed by atoms with Crippen LogP contribution in [0.2, 0.25) is 0 Å². The van der Waals surface area contributed by atoms with Gasteiger partial charge in [0.15, 0.2) is 11.5 Å². The van der Waals surface area contributed by atoms with Crippen molar-refractivity contribution in [3.63, 3.8) is 0 Å². The number of carbonyl (C=O) groups excluding carboxylic acids is 1. The number of aryl methyl sites for hydroxylation is 1. The van der Waals surface area contributed by atoms with E-state index in [1.54, 1.807) is 18.1 Å². The predicted octanol–water partition coefficient (Wildman–Crippen LogP) is 3.41. The molecule has 30 heavy (non-hydrogen) atoms. The number of fused-ring (bicyclic) bond motifs is 2. The minimum Gasteiger partial charge on any atom is -0.493 e. The molecule has 1 aliphatic rings. The number of ether oxygens (including phenoxy) is 2. The summed E-state index contributed by atoms with van der Waals surface area (Å²) in [6.07, 6.45) is 0.430. The minimum atomic E-state index is -0.961. The van der Waals surface area contributed by atoms with E-state index in [-0.39, 0.29) is 12.3 Å². The Hall–Kier alpha value is -3.48. The fraction of sp³-hybridized carbons (Fsp3) is 0.304. The molecular weight excluding hydrogens is 384 g/mol. The Balaban J connectivity index is 1.78. The van der Waals surface area contributed by atoms with Gasteiger partial charge >= 0.3 is 5.97 Å². The molecule has 3 aromatic rings. The molecule has 0 aliphatic carbocycles. The third-order valence-corrected chi connectivity index (χ3v) is 5.80. The third-order valence-electron chi connectivity index (χ3n) is 5.80. The molecule has 0 saturated carbocycles. The SMILES string of the molecule is COc1cc2c(cc1OC)C(CC(=O)O)N(C(=O)c1cc3ccccc3n1C)CC2. The summed E-state index contributed by atoms with van der Waals surface area (Å²) in [7, 11) is 4.96. The van der Waals surface area contributed by atoms with Crippen molar-refractivity contribution < 1.29 is 24.2 Å². The van der Waals surface area contributed by atoms with Crippen molar-refractivity contribution in [3.05, 3.63) is 59.3 Å². The quantitative estimate of drug-likeness (QED) is 0.700. The van der Waals surface area contributed by atoms with Crippen LogP contribution >= 0.6 is 0 Å². The fourth-order valence-electron chi connectivity index (χ4n) is 4.30. The van der Waals surface area contributed by atoms with Crippen molar-refractivity contribution in [2.45, 2.75) is 18.9 Å². The lowest BCUT2D eigenvalue weighted by molar-refractivity contribution is -0.138. The second-order valence-corrected chi connectivity index (χ2v) is 7.42. The zero-order valence-electron chi connectivity index (χ0n) is 17.2. The van der Waals surface area contributed by atoms with Crippen LogP contribution in [0.15, 0.2) is 42.5 Å². The Kier molecular flexibility index (Phi) is 5.11. The van der Waals surface area contributed by atoms with Crippen LogP contribution in [0.1, 0.15) is 34.1 Å². The maximum atomic E-state index is 13.5. The molecule has 2 aromatic carbocycles. The number of nitrogens with zero attached hydrogens (tertiary/aromatic N) is 2.